The zero-order valence-electron chi connectivity index (χ0n) is 12.1. The smallest absolute Gasteiger partial charge is 0.0597 e. The molecule has 1 unspecified atom stereocenters. The van der Waals surface area contributed by atoms with Gasteiger partial charge in [-0.3, -0.25) is 4.90 Å². The number of aliphatic hydroxyl groups excluding tert-OH is 1. The molecule has 0 aliphatic carbocycles. The van der Waals surface area contributed by atoms with Gasteiger partial charge in [-0.25, -0.2) is 0 Å². The highest BCUT2D eigenvalue weighted by Gasteiger charge is 2.15. The number of nitrogens with one attached hydrogen (secondary N) is 1. The van der Waals surface area contributed by atoms with E-state index in [0.717, 1.165) is 26.2 Å². The molecule has 0 amide bonds. The first-order valence-electron chi connectivity index (χ1n) is 6.57. The van der Waals surface area contributed by atoms with Crippen LogP contribution in [0.2, 0.25) is 0 Å². The third kappa shape index (κ3) is 9.53. The monoisotopic (exact) mass is 246 g/mol. The predicted octanol–water partition coefficient (Wildman–Crippen LogP) is 0.950. The second kappa shape index (κ2) is 9.83. The van der Waals surface area contributed by atoms with E-state index in [4.69, 9.17) is 4.74 Å². The highest BCUT2D eigenvalue weighted by atomic mass is 16.5. The minimum absolute atomic E-state index is 0.144. The van der Waals surface area contributed by atoms with Crippen LogP contribution in [0.1, 0.15) is 27.7 Å². The van der Waals surface area contributed by atoms with E-state index in [-0.39, 0.29) is 12.6 Å². The summed E-state index contributed by atoms with van der Waals surface area (Å²) in [6.07, 6.45) is 0. The van der Waals surface area contributed by atoms with Crippen LogP contribution in [0.5, 0.6) is 0 Å². The van der Waals surface area contributed by atoms with Crippen molar-refractivity contribution in [2.24, 2.45) is 5.92 Å². The van der Waals surface area contributed by atoms with E-state index in [0.29, 0.717) is 12.0 Å². The molecule has 0 aromatic heterocycles. The number of nitrogens with zero attached hydrogens (tertiary/aromatic N) is 1. The minimum Gasteiger partial charge on any atom is -0.395 e. The Morgan fingerprint density at radius 3 is 2.24 bits per heavy atom. The lowest BCUT2D eigenvalue weighted by molar-refractivity contribution is 0.118. The molecule has 0 fully saturated rings. The molecule has 4 nitrogen and oxygen atoms in total. The topological polar surface area (TPSA) is 44.7 Å². The Morgan fingerprint density at radius 2 is 1.82 bits per heavy atom. The summed E-state index contributed by atoms with van der Waals surface area (Å²) < 4.78 is 5.13. The van der Waals surface area contributed by atoms with Crippen molar-refractivity contribution in [2.45, 2.75) is 39.8 Å². The zero-order valence-corrected chi connectivity index (χ0v) is 12.1. The van der Waals surface area contributed by atoms with Gasteiger partial charge in [0.2, 0.25) is 0 Å². The first-order chi connectivity index (χ1) is 7.99. The van der Waals surface area contributed by atoms with Crippen LogP contribution < -0.4 is 5.32 Å². The summed E-state index contributed by atoms with van der Waals surface area (Å²) in [7, 11) is 1.73. The highest BCUT2D eigenvalue weighted by Crippen LogP contribution is 2.01. The fourth-order valence-corrected chi connectivity index (χ4v) is 1.94. The summed E-state index contributed by atoms with van der Waals surface area (Å²) in [6.45, 7) is 12.4. The average Bonchev–Trinajstić information content (AvgIpc) is 2.23. The molecule has 0 aromatic rings. The van der Waals surface area contributed by atoms with Crippen molar-refractivity contribution >= 4 is 0 Å². The number of hydrogen-bond donors (Lipinski definition) is 2. The molecule has 0 heterocycles. The normalized spacial score (nSPS) is 13.9. The number of ether oxygens (including phenoxy) is 1. The lowest BCUT2D eigenvalue weighted by Gasteiger charge is -2.29. The Morgan fingerprint density at radius 1 is 1.18 bits per heavy atom. The van der Waals surface area contributed by atoms with Gasteiger partial charge in [-0.05, 0) is 5.92 Å². The molecule has 4 heteroatoms. The van der Waals surface area contributed by atoms with E-state index in [2.05, 4.69) is 37.9 Å². The molecule has 0 radical (unpaired) electrons. The third-order valence-electron chi connectivity index (χ3n) is 2.50. The quantitative estimate of drug-likeness (QED) is 0.602. The largest absolute Gasteiger partial charge is 0.395 e. The molecule has 1 atom stereocenters. The second-order valence-electron chi connectivity index (χ2n) is 5.35. The summed E-state index contributed by atoms with van der Waals surface area (Å²) in [5, 5.41) is 12.7. The van der Waals surface area contributed by atoms with Gasteiger partial charge in [0.25, 0.3) is 0 Å². The fourth-order valence-electron chi connectivity index (χ4n) is 1.94. The van der Waals surface area contributed by atoms with Gasteiger partial charge in [0.15, 0.2) is 0 Å². The molecule has 0 saturated heterocycles. The lowest BCUT2D eigenvalue weighted by Crippen LogP contribution is -2.47. The third-order valence-corrected chi connectivity index (χ3v) is 2.50. The molecule has 0 rings (SSSR count). The molecular weight excluding hydrogens is 216 g/mol. The lowest BCUT2D eigenvalue weighted by atomic mass is 10.2. The number of rotatable bonds is 10. The van der Waals surface area contributed by atoms with Crippen LogP contribution in [0.15, 0.2) is 0 Å². The van der Waals surface area contributed by atoms with E-state index in [9.17, 15) is 5.11 Å². The van der Waals surface area contributed by atoms with Crippen molar-refractivity contribution < 1.29 is 9.84 Å². The SMILES string of the molecule is COCCN(CC(C)C)CC(CO)NC(C)C. The van der Waals surface area contributed by atoms with Crippen LogP contribution >= 0.6 is 0 Å². The average molecular weight is 246 g/mol. The summed E-state index contributed by atoms with van der Waals surface area (Å²) in [4.78, 5) is 2.35. The molecule has 2 N–H and O–H groups in total. The van der Waals surface area contributed by atoms with Crippen molar-refractivity contribution in [3.05, 3.63) is 0 Å². The first kappa shape index (κ1) is 16.8. The number of hydrogen-bond acceptors (Lipinski definition) is 4. The summed E-state index contributed by atoms with van der Waals surface area (Å²) in [6, 6.07) is 0.543. The Labute approximate surface area is 106 Å². The summed E-state index contributed by atoms with van der Waals surface area (Å²) >= 11 is 0. The Hall–Kier alpha value is -0.160. The summed E-state index contributed by atoms with van der Waals surface area (Å²) in [5.74, 6) is 0.630. The number of methoxy groups -OCH3 is 1. The Balaban J connectivity index is 4.16. The maximum absolute atomic E-state index is 9.36. The van der Waals surface area contributed by atoms with Gasteiger partial charge in [-0.2, -0.15) is 0 Å². The molecule has 0 aliphatic heterocycles. The van der Waals surface area contributed by atoms with Crippen LogP contribution in [0.25, 0.3) is 0 Å². The second-order valence-corrected chi connectivity index (χ2v) is 5.35. The molecule has 0 bridgehead atoms. The van der Waals surface area contributed by atoms with E-state index < -0.39 is 0 Å². The Kier molecular flexibility index (Phi) is 9.74. The molecule has 0 aliphatic rings. The highest BCUT2D eigenvalue weighted by molar-refractivity contribution is 4.74. The van der Waals surface area contributed by atoms with Gasteiger partial charge < -0.3 is 15.2 Å². The van der Waals surface area contributed by atoms with Gasteiger partial charge in [0.1, 0.15) is 0 Å². The maximum Gasteiger partial charge on any atom is 0.0597 e. The molecule has 104 valence electrons. The van der Waals surface area contributed by atoms with E-state index in [1.54, 1.807) is 7.11 Å². The maximum atomic E-state index is 9.36. The van der Waals surface area contributed by atoms with E-state index in [1.165, 1.54) is 0 Å². The minimum atomic E-state index is 0.144. The van der Waals surface area contributed by atoms with Crippen molar-refractivity contribution in [2.75, 3.05) is 40.0 Å². The van der Waals surface area contributed by atoms with E-state index in [1.807, 2.05) is 0 Å². The van der Waals surface area contributed by atoms with Crippen molar-refractivity contribution in [3.63, 3.8) is 0 Å². The van der Waals surface area contributed by atoms with Gasteiger partial charge in [-0.15, -0.1) is 0 Å². The van der Waals surface area contributed by atoms with Gasteiger partial charge in [0, 0.05) is 38.8 Å². The fraction of sp³-hybridized carbons (Fsp3) is 1.00. The number of aliphatic hydroxyl groups is 1. The van der Waals surface area contributed by atoms with Gasteiger partial charge >= 0.3 is 0 Å². The molecule has 17 heavy (non-hydrogen) atoms. The summed E-state index contributed by atoms with van der Waals surface area (Å²) in [5.41, 5.74) is 0. The van der Waals surface area contributed by atoms with Crippen LogP contribution in [0.4, 0.5) is 0 Å². The zero-order chi connectivity index (χ0) is 13.3. The van der Waals surface area contributed by atoms with Crippen molar-refractivity contribution in [1.29, 1.82) is 0 Å². The van der Waals surface area contributed by atoms with Crippen LogP contribution in [-0.2, 0) is 4.74 Å². The predicted molar refractivity (Wildman–Crippen MR) is 72.3 cm³/mol. The Bertz CT molecular complexity index is 175. The van der Waals surface area contributed by atoms with Crippen LogP contribution in [0, 0.1) is 5.92 Å². The van der Waals surface area contributed by atoms with Gasteiger partial charge in [0.05, 0.1) is 13.2 Å². The van der Waals surface area contributed by atoms with Crippen LogP contribution in [0.3, 0.4) is 0 Å². The molecule has 0 aromatic carbocycles. The molecular formula is C13H30N2O2. The van der Waals surface area contributed by atoms with Gasteiger partial charge in [-0.1, -0.05) is 27.7 Å². The van der Waals surface area contributed by atoms with Crippen LogP contribution in [-0.4, -0.2) is 62.0 Å². The molecule has 0 spiro atoms. The van der Waals surface area contributed by atoms with E-state index >= 15 is 0 Å². The van der Waals surface area contributed by atoms with Crippen molar-refractivity contribution in [1.82, 2.24) is 10.2 Å². The molecule has 0 saturated carbocycles. The standard InChI is InChI=1S/C13H30N2O2/c1-11(2)8-15(6-7-17-5)9-13(10-16)14-12(3)4/h11-14,16H,6-10H2,1-5H3. The van der Waals surface area contributed by atoms with Crippen molar-refractivity contribution in [3.8, 4) is 0 Å². The first-order valence-corrected chi connectivity index (χ1v) is 6.57.